The molecule has 6 nitrogen and oxygen atoms in total. The molecule has 0 amide bonds. The van der Waals surface area contributed by atoms with Crippen LogP contribution in [0.15, 0.2) is 83.7 Å². The Hall–Kier alpha value is -4.29. The quantitative estimate of drug-likeness (QED) is 0.364. The number of hydrogen-bond donors (Lipinski definition) is 1. The van der Waals surface area contributed by atoms with Crippen LogP contribution < -0.4 is 5.56 Å². The lowest BCUT2D eigenvalue weighted by molar-refractivity contribution is -0.172. The van der Waals surface area contributed by atoms with Gasteiger partial charge in [-0.25, -0.2) is 9.78 Å². The monoisotopic (exact) mass is 474 g/mol. The number of esters is 1. The number of aliphatic hydroxyl groups is 1. The molecule has 5 aromatic rings. The van der Waals surface area contributed by atoms with E-state index in [1.165, 1.54) is 0 Å². The summed E-state index contributed by atoms with van der Waals surface area (Å²) in [5, 5.41) is 14.4. The van der Waals surface area contributed by atoms with Crippen molar-refractivity contribution < 1.29 is 14.6 Å². The Bertz CT molecular complexity index is 1800. The first-order chi connectivity index (χ1) is 17.5. The summed E-state index contributed by atoms with van der Waals surface area (Å²) in [4.78, 5) is 31.7. The van der Waals surface area contributed by atoms with E-state index in [-0.39, 0.29) is 18.6 Å². The maximum Gasteiger partial charge on any atom is 0.343 e. The molecular formula is C30H22N2O4. The molecule has 2 atom stereocenters. The van der Waals surface area contributed by atoms with Crippen molar-refractivity contribution in [1.29, 1.82) is 0 Å². The molecule has 7 rings (SSSR count). The smallest absolute Gasteiger partial charge is 0.343 e. The standard InChI is InChI=1S/C30H22N2O4/c1-2-30(35)23-15-25-26-21(14-18-9-4-6-13-24(18)31-26)27(32(25)28(33)22(23)16-36-29(30)34)20-12-7-10-17-8-3-5-11-19(17)20/h3-15,27,35H,2,16H2,1H3/t27?,30-/m0/s1. The number of cyclic esters (lactones) is 1. The molecule has 6 heteroatoms. The lowest BCUT2D eigenvalue weighted by Crippen LogP contribution is -2.44. The highest BCUT2D eigenvalue weighted by Crippen LogP contribution is 2.46. The predicted octanol–water partition coefficient (Wildman–Crippen LogP) is 4.82. The van der Waals surface area contributed by atoms with Gasteiger partial charge in [0.05, 0.1) is 28.5 Å². The van der Waals surface area contributed by atoms with Crippen LogP contribution >= 0.6 is 0 Å². The van der Waals surface area contributed by atoms with E-state index in [1.807, 2.05) is 42.5 Å². The molecule has 0 spiro atoms. The molecule has 36 heavy (non-hydrogen) atoms. The summed E-state index contributed by atoms with van der Waals surface area (Å²) in [5.74, 6) is -0.725. The van der Waals surface area contributed by atoms with Gasteiger partial charge >= 0.3 is 5.97 Å². The number of aromatic nitrogens is 2. The van der Waals surface area contributed by atoms with Crippen molar-refractivity contribution in [3.63, 3.8) is 0 Å². The summed E-state index contributed by atoms with van der Waals surface area (Å²) in [7, 11) is 0. The first kappa shape index (κ1) is 21.0. The second-order valence-electron chi connectivity index (χ2n) is 9.48. The average Bonchev–Trinajstić information content (AvgIpc) is 3.23. The number of carbonyl (C=O) groups is 1. The van der Waals surface area contributed by atoms with Crippen molar-refractivity contribution in [1.82, 2.24) is 9.55 Å². The zero-order valence-electron chi connectivity index (χ0n) is 19.6. The number of nitrogens with zero attached hydrogens (tertiary/aromatic N) is 2. The molecule has 1 N–H and O–H groups in total. The second kappa shape index (κ2) is 7.35. The van der Waals surface area contributed by atoms with Crippen molar-refractivity contribution in [2.45, 2.75) is 31.6 Å². The van der Waals surface area contributed by atoms with Gasteiger partial charge in [0.15, 0.2) is 5.60 Å². The summed E-state index contributed by atoms with van der Waals surface area (Å²) in [6, 6.07) is 25.6. The number of pyridine rings is 2. The third-order valence-corrected chi connectivity index (χ3v) is 7.65. The predicted molar refractivity (Wildman–Crippen MR) is 137 cm³/mol. The van der Waals surface area contributed by atoms with Crippen molar-refractivity contribution >= 4 is 27.6 Å². The third-order valence-electron chi connectivity index (χ3n) is 7.65. The Kier molecular flexibility index (Phi) is 4.30. The van der Waals surface area contributed by atoms with Gasteiger partial charge in [0.1, 0.15) is 6.61 Å². The van der Waals surface area contributed by atoms with E-state index >= 15 is 0 Å². The van der Waals surface area contributed by atoms with Gasteiger partial charge in [-0.15, -0.1) is 0 Å². The summed E-state index contributed by atoms with van der Waals surface area (Å²) in [5.41, 5.74) is 2.49. The van der Waals surface area contributed by atoms with Crippen molar-refractivity contribution in [2.75, 3.05) is 0 Å². The van der Waals surface area contributed by atoms with Gasteiger partial charge in [0.25, 0.3) is 5.56 Å². The van der Waals surface area contributed by atoms with Crippen LogP contribution in [0.3, 0.4) is 0 Å². The maximum absolute atomic E-state index is 14.1. The molecule has 0 fully saturated rings. The summed E-state index contributed by atoms with van der Waals surface area (Å²) < 4.78 is 7.04. The van der Waals surface area contributed by atoms with Gasteiger partial charge in [-0.3, -0.25) is 9.36 Å². The number of ether oxygens (including phenoxy) is 1. The van der Waals surface area contributed by atoms with E-state index in [1.54, 1.807) is 17.6 Å². The molecule has 3 aromatic carbocycles. The molecule has 0 saturated carbocycles. The highest BCUT2D eigenvalue weighted by molar-refractivity contribution is 5.90. The zero-order chi connectivity index (χ0) is 24.6. The first-order valence-corrected chi connectivity index (χ1v) is 12.1. The molecule has 2 aliphatic heterocycles. The van der Waals surface area contributed by atoms with E-state index in [9.17, 15) is 14.7 Å². The average molecular weight is 475 g/mol. The number of fused-ring (bicyclic) bond motifs is 6. The van der Waals surface area contributed by atoms with E-state index in [2.05, 4.69) is 30.3 Å². The topological polar surface area (TPSA) is 81.4 Å². The Morgan fingerprint density at radius 2 is 1.72 bits per heavy atom. The van der Waals surface area contributed by atoms with Gasteiger partial charge < -0.3 is 9.84 Å². The van der Waals surface area contributed by atoms with Crippen LogP contribution in [0.1, 0.15) is 41.6 Å². The Balaban J connectivity index is 1.61. The molecule has 0 aliphatic carbocycles. The molecular weight excluding hydrogens is 452 g/mol. The Labute approximate surface area is 206 Å². The second-order valence-corrected chi connectivity index (χ2v) is 9.48. The molecule has 2 aliphatic rings. The van der Waals surface area contributed by atoms with E-state index in [0.717, 1.165) is 32.8 Å². The largest absolute Gasteiger partial charge is 0.458 e. The molecule has 4 heterocycles. The van der Waals surface area contributed by atoms with E-state index < -0.39 is 17.6 Å². The lowest BCUT2D eigenvalue weighted by Gasteiger charge is -2.32. The Morgan fingerprint density at radius 3 is 2.56 bits per heavy atom. The molecule has 0 radical (unpaired) electrons. The van der Waals surface area contributed by atoms with Crippen LogP contribution in [0.4, 0.5) is 0 Å². The van der Waals surface area contributed by atoms with Gasteiger partial charge in [-0.05, 0) is 41.0 Å². The van der Waals surface area contributed by atoms with Crippen LogP contribution in [0.5, 0.6) is 0 Å². The molecule has 176 valence electrons. The molecule has 0 bridgehead atoms. The minimum atomic E-state index is -1.86. The van der Waals surface area contributed by atoms with E-state index in [4.69, 9.17) is 9.72 Å². The van der Waals surface area contributed by atoms with Gasteiger partial charge in [-0.2, -0.15) is 0 Å². The van der Waals surface area contributed by atoms with Crippen LogP contribution in [0, 0.1) is 0 Å². The fraction of sp³-hybridized carbons (Fsp3) is 0.167. The number of hydrogen-bond acceptors (Lipinski definition) is 5. The lowest BCUT2D eigenvalue weighted by atomic mass is 9.86. The van der Waals surface area contributed by atoms with Crippen LogP contribution in [0.2, 0.25) is 0 Å². The minimum absolute atomic E-state index is 0.104. The van der Waals surface area contributed by atoms with Crippen LogP contribution in [-0.4, -0.2) is 20.6 Å². The molecule has 2 aromatic heterocycles. The molecule has 1 unspecified atom stereocenters. The summed E-state index contributed by atoms with van der Waals surface area (Å²) in [6.07, 6.45) is 0.104. The van der Waals surface area contributed by atoms with Crippen LogP contribution in [-0.2, 0) is 21.7 Å². The van der Waals surface area contributed by atoms with Gasteiger partial charge in [0.2, 0.25) is 0 Å². The summed E-state index contributed by atoms with van der Waals surface area (Å²) in [6.45, 7) is 1.55. The van der Waals surface area contributed by atoms with Crippen molar-refractivity contribution in [3.05, 3.63) is 111 Å². The highest BCUT2D eigenvalue weighted by Gasteiger charge is 2.46. The fourth-order valence-electron chi connectivity index (χ4n) is 5.79. The highest BCUT2D eigenvalue weighted by atomic mass is 16.6. The van der Waals surface area contributed by atoms with Gasteiger partial charge in [-0.1, -0.05) is 67.6 Å². The number of rotatable bonds is 2. The van der Waals surface area contributed by atoms with Crippen LogP contribution in [0.25, 0.3) is 33.1 Å². The van der Waals surface area contributed by atoms with Crippen molar-refractivity contribution in [2.24, 2.45) is 0 Å². The normalized spacial score (nSPS) is 20.2. The SMILES string of the molecule is CC[C@@]1(O)C(=O)OCc2c1cc1n(c2=O)C(c2cccc3ccccc23)c2cc3ccccc3nc2-1. The van der Waals surface area contributed by atoms with Crippen molar-refractivity contribution in [3.8, 4) is 11.4 Å². The first-order valence-electron chi connectivity index (χ1n) is 12.1. The minimum Gasteiger partial charge on any atom is -0.458 e. The Morgan fingerprint density at radius 1 is 0.972 bits per heavy atom. The molecule has 0 saturated heterocycles. The third kappa shape index (κ3) is 2.67. The number of benzene rings is 3. The number of para-hydroxylation sites is 1. The number of carbonyl (C=O) groups excluding carboxylic acids is 1. The maximum atomic E-state index is 14.1. The summed E-state index contributed by atoms with van der Waals surface area (Å²) >= 11 is 0. The fourth-order valence-corrected chi connectivity index (χ4v) is 5.79. The zero-order valence-corrected chi connectivity index (χ0v) is 19.6. The van der Waals surface area contributed by atoms with Gasteiger partial charge in [0, 0.05) is 16.5 Å². The van der Waals surface area contributed by atoms with E-state index in [0.29, 0.717) is 22.5 Å².